The Morgan fingerprint density at radius 3 is 2.20 bits per heavy atom. The van der Waals surface area contributed by atoms with Crippen LogP contribution in [0.2, 0.25) is 0 Å². The number of methoxy groups -OCH3 is 1. The average molecular weight is 362 g/mol. The van der Waals surface area contributed by atoms with E-state index in [1.807, 2.05) is 27.7 Å². The number of hydrogen-bond acceptors (Lipinski definition) is 3. The topological polar surface area (TPSA) is 35.5 Å². The van der Waals surface area contributed by atoms with Crippen molar-refractivity contribution in [2.75, 3.05) is 13.7 Å². The highest BCUT2D eigenvalue weighted by atomic mass is 19.3. The molecule has 3 nitrogen and oxygen atoms in total. The highest BCUT2D eigenvalue weighted by molar-refractivity contribution is 5.89. The number of alkyl halides is 2. The van der Waals surface area contributed by atoms with E-state index in [0.717, 1.165) is 6.07 Å². The zero-order valence-electron chi connectivity index (χ0n) is 15.7. The van der Waals surface area contributed by atoms with Crippen LogP contribution in [0, 0.1) is 11.7 Å². The first-order chi connectivity index (χ1) is 11.9. The second kappa shape index (κ2) is 11.8. The molecule has 0 amide bonds. The summed E-state index contributed by atoms with van der Waals surface area (Å²) < 4.78 is 49.6. The molecule has 6 heteroatoms. The quantitative estimate of drug-likeness (QED) is 0.629. The van der Waals surface area contributed by atoms with Crippen LogP contribution < -0.4 is 4.74 Å². The molecule has 1 aromatic rings. The molecule has 1 saturated carbocycles. The molecular formula is C19H29F3O3. The molecule has 1 aliphatic carbocycles. The number of benzene rings is 1. The van der Waals surface area contributed by atoms with Crippen LogP contribution in [0.5, 0.6) is 5.75 Å². The second-order valence-corrected chi connectivity index (χ2v) is 5.25. The molecule has 1 aliphatic rings. The Morgan fingerprint density at radius 1 is 1.16 bits per heavy atom. The standard InChI is InChI=1S/C15H17F3O3.2C2H6/c1-20-14(19)11-2-3-13(12(16)8-11)21-9-10-4-6-15(17,18)7-5-10;2*1-2/h2-3,8,10H,4-7,9H2,1H3;2*1-2H3. The van der Waals surface area contributed by atoms with Gasteiger partial charge in [0.05, 0.1) is 19.3 Å². The molecule has 0 heterocycles. The van der Waals surface area contributed by atoms with Gasteiger partial charge in [0.15, 0.2) is 11.6 Å². The number of ether oxygens (including phenoxy) is 2. The van der Waals surface area contributed by atoms with Crippen molar-refractivity contribution < 1.29 is 27.4 Å². The molecule has 0 bridgehead atoms. The van der Waals surface area contributed by atoms with Crippen LogP contribution >= 0.6 is 0 Å². The van der Waals surface area contributed by atoms with Gasteiger partial charge in [-0.1, -0.05) is 27.7 Å². The maximum Gasteiger partial charge on any atom is 0.337 e. The third-order valence-electron chi connectivity index (χ3n) is 3.66. The maximum atomic E-state index is 13.8. The number of esters is 1. The van der Waals surface area contributed by atoms with Crippen molar-refractivity contribution in [1.82, 2.24) is 0 Å². The Morgan fingerprint density at radius 2 is 1.72 bits per heavy atom. The van der Waals surface area contributed by atoms with Crippen LogP contribution in [0.3, 0.4) is 0 Å². The molecule has 1 fully saturated rings. The lowest BCUT2D eigenvalue weighted by Crippen LogP contribution is -2.27. The van der Waals surface area contributed by atoms with E-state index in [1.54, 1.807) is 0 Å². The highest BCUT2D eigenvalue weighted by Crippen LogP contribution is 2.36. The van der Waals surface area contributed by atoms with E-state index in [0.29, 0.717) is 12.8 Å². The number of rotatable bonds is 4. The zero-order valence-corrected chi connectivity index (χ0v) is 15.7. The summed E-state index contributed by atoms with van der Waals surface area (Å²) in [5.41, 5.74) is 0.0969. The van der Waals surface area contributed by atoms with Gasteiger partial charge in [-0.25, -0.2) is 18.0 Å². The van der Waals surface area contributed by atoms with Gasteiger partial charge in [-0.15, -0.1) is 0 Å². The van der Waals surface area contributed by atoms with E-state index in [9.17, 15) is 18.0 Å². The van der Waals surface area contributed by atoms with Crippen molar-refractivity contribution in [2.24, 2.45) is 5.92 Å². The fourth-order valence-electron chi connectivity index (χ4n) is 2.34. The lowest BCUT2D eigenvalue weighted by Gasteiger charge is -2.28. The molecule has 0 radical (unpaired) electrons. The molecule has 144 valence electrons. The Labute approximate surface area is 148 Å². The molecule has 0 aliphatic heterocycles. The summed E-state index contributed by atoms with van der Waals surface area (Å²) in [6, 6.07) is 3.79. The van der Waals surface area contributed by atoms with Crippen molar-refractivity contribution in [3.63, 3.8) is 0 Å². The van der Waals surface area contributed by atoms with Gasteiger partial charge < -0.3 is 9.47 Å². The van der Waals surface area contributed by atoms with Crippen molar-refractivity contribution in [3.05, 3.63) is 29.6 Å². The van der Waals surface area contributed by atoms with E-state index in [4.69, 9.17) is 4.74 Å². The maximum absolute atomic E-state index is 13.8. The first-order valence-corrected chi connectivity index (χ1v) is 8.80. The number of hydrogen-bond donors (Lipinski definition) is 0. The molecule has 0 spiro atoms. The smallest absolute Gasteiger partial charge is 0.337 e. The minimum absolute atomic E-state index is 0.00399. The summed E-state index contributed by atoms with van der Waals surface area (Å²) in [5.74, 6) is -3.86. The predicted octanol–water partition coefficient (Wildman–Crippen LogP) is 5.87. The minimum Gasteiger partial charge on any atom is -0.490 e. The van der Waals surface area contributed by atoms with Gasteiger partial charge >= 0.3 is 5.97 Å². The monoisotopic (exact) mass is 362 g/mol. The fraction of sp³-hybridized carbons (Fsp3) is 0.632. The van der Waals surface area contributed by atoms with Crippen molar-refractivity contribution in [1.29, 1.82) is 0 Å². The van der Waals surface area contributed by atoms with E-state index in [-0.39, 0.29) is 36.7 Å². The first-order valence-electron chi connectivity index (χ1n) is 8.80. The molecule has 25 heavy (non-hydrogen) atoms. The summed E-state index contributed by atoms with van der Waals surface area (Å²) in [5, 5.41) is 0. The van der Waals surface area contributed by atoms with Gasteiger partial charge in [0.1, 0.15) is 0 Å². The van der Waals surface area contributed by atoms with Gasteiger partial charge in [-0.2, -0.15) is 0 Å². The van der Waals surface area contributed by atoms with Crippen LogP contribution in [0.1, 0.15) is 63.7 Å². The van der Waals surface area contributed by atoms with Crippen molar-refractivity contribution in [2.45, 2.75) is 59.3 Å². The third-order valence-corrected chi connectivity index (χ3v) is 3.66. The molecule has 1 aromatic carbocycles. The average Bonchev–Trinajstić information content (AvgIpc) is 2.64. The number of carbonyl (C=O) groups excluding carboxylic acids is 1. The Balaban J connectivity index is 0.00000134. The van der Waals surface area contributed by atoms with E-state index >= 15 is 0 Å². The van der Waals surface area contributed by atoms with Crippen LogP contribution in [-0.4, -0.2) is 25.6 Å². The van der Waals surface area contributed by atoms with Gasteiger partial charge in [-0.05, 0) is 37.0 Å². The predicted molar refractivity (Wildman–Crippen MR) is 92.8 cm³/mol. The van der Waals surface area contributed by atoms with E-state index in [2.05, 4.69) is 4.74 Å². The summed E-state index contributed by atoms with van der Waals surface area (Å²) >= 11 is 0. The normalized spacial score (nSPS) is 15.8. The first kappa shape index (κ1) is 23.3. The molecule has 0 N–H and O–H groups in total. The lowest BCUT2D eigenvalue weighted by molar-refractivity contribution is -0.0499. The summed E-state index contributed by atoms with van der Waals surface area (Å²) in [6.07, 6.45) is 0.444. The van der Waals surface area contributed by atoms with E-state index < -0.39 is 17.7 Å². The van der Waals surface area contributed by atoms with Gasteiger partial charge in [0.25, 0.3) is 0 Å². The Bertz CT molecular complexity index is 509. The molecule has 0 atom stereocenters. The minimum atomic E-state index is -2.58. The summed E-state index contributed by atoms with van der Waals surface area (Å²) in [7, 11) is 1.21. The molecule has 0 unspecified atom stereocenters. The van der Waals surface area contributed by atoms with Crippen molar-refractivity contribution in [3.8, 4) is 5.75 Å². The molecule has 2 rings (SSSR count). The van der Waals surface area contributed by atoms with Crippen LogP contribution in [0.15, 0.2) is 18.2 Å². The SMILES string of the molecule is CC.CC.COC(=O)c1ccc(OCC2CCC(F)(F)CC2)c(F)c1. The van der Waals surface area contributed by atoms with Crippen LogP contribution in [-0.2, 0) is 4.74 Å². The Kier molecular flexibility index (Phi) is 11.0. The number of halogens is 3. The Hall–Kier alpha value is -1.72. The second-order valence-electron chi connectivity index (χ2n) is 5.25. The lowest BCUT2D eigenvalue weighted by atomic mass is 9.87. The summed E-state index contributed by atoms with van der Waals surface area (Å²) in [6.45, 7) is 8.20. The molecular weight excluding hydrogens is 333 g/mol. The van der Waals surface area contributed by atoms with Crippen molar-refractivity contribution >= 4 is 5.97 Å². The van der Waals surface area contributed by atoms with Crippen LogP contribution in [0.4, 0.5) is 13.2 Å². The largest absolute Gasteiger partial charge is 0.490 e. The van der Waals surface area contributed by atoms with Gasteiger partial charge in [0.2, 0.25) is 5.92 Å². The van der Waals surface area contributed by atoms with Gasteiger partial charge in [-0.3, -0.25) is 0 Å². The summed E-state index contributed by atoms with van der Waals surface area (Å²) in [4.78, 5) is 11.2. The highest BCUT2D eigenvalue weighted by Gasteiger charge is 2.35. The number of carbonyl (C=O) groups is 1. The third kappa shape index (κ3) is 7.80. The van der Waals surface area contributed by atoms with Gasteiger partial charge in [0, 0.05) is 12.8 Å². The van der Waals surface area contributed by atoms with Crippen LogP contribution in [0.25, 0.3) is 0 Å². The van der Waals surface area contributed by atoms with E-state index in [1.165, 1.54) is 19.2 Å². The molecule has 0 saturated heterocycles. The fourth-order valence-corrected chi connectivity index (χ4v) is 2.34. The zero-order chi connectivity index (χ0) is 19.5. The molecule has 0 aromatic heterocycles.